The maximum absolute atomic E-state index is 12.5. The fourth-order valence-corrected chi connectivity index (χ4v) is 3.92. The number of rotatable bonds is 5. The lowest BCUT2D eigenvalue weighted by Crippen LogP contribution is -2.12. The molecule has 1 heterocycles. The van der Waals surface area contributed by atoms with Crippen molar-refractivity contribution in [2.75, 3.05) is 4.72 Å². The van der Waals surface area contributed by atoms with Crippen molar-refractivity contribution < 1.29 is 8.42 Å². The van der Waals surface area contributed by atoms with Gasteiger partial charge in [-0.25, -0.2) is 8.42 Å². The van der Waals surface area contributed by atoms with E-state index >= 15 is 0 Å². The number of benzene rings is 3. The van der Waals surface area contributed by atoms with E-state index in [1.54, 1.807) is 48.8 Å². The van der Waals surface area contributed by atoms with Crippen molar-refractivity contribution in [3.8, 4) is 0 Å². The van der Waals surface area contributed by atoms with E-state index in [0.717, 1.165) is 27.7 Å². The Hall–Kier alpha value is -3.51. The average molecular weight is 401 g/mol. The van der Waals surface area contributed by atoms with Crippen molar-refractivity contribution in [3.05, 3.63) is 96.2 Å². The maximum Gasteiger partial charge on any atom is 0.261 e. The van der Waals surface area contributed by atoms with Gasteiger partial charge in [-0.1, -0.05) is 35.9 Å². The summed E-state index contributed by atoms with van der Waals surface area (Å²) in [7, 11) is -3.61. The second-order valence-corrected chi connectivity index (χ2v) is 8.36. The minimum Gasteiger partial charge on any atom is -0.280 e. The molecule has 0 amide bonds. The molecule has 5 nitrogen and oxygen atoms in total. The van der Waals surface area contributed by atoms with Gasteiger partial charge in [0.05, 0.1) is 16.1 Å². The van der Waals surface area contributed by atoms with Crippen LogP contribution >= 0.6 is 0 Å². The molecule has 144 valence electrons. The molecular weight excluding hydrogens is 382 g/mol. The third-order valence-electron chi connectivity index (χ3n) is 4.44. The van der Waals surface area contributed by atoms with Gasteiger partial charge in [-0.2, -0.15) is 0 Å². The molecule has 0 bridgehead atoms. The summed E-state index contributed by atoms with van der Waals surface area (Å²) in [5.41, 5.74) is 4.13. The Morgan fingerprint density at radius 2 is 1.69 bits per heavy atom. The van der Waals surface area contributed by atoms with E-state index in [4.69, 9.17) is 0 Å². The van der Waals surface area contributed by atoms with Crippen molar-refractivity contribution in [3.63, 3.8) is 0 Å². The lowest BCUT2D eigenvalue weighted by atomic mass is 10.2. The number of anilines is 1. The zero-order chi connectivity index (χ0) is 20.3. The molecule has 3 aromatic carbocycles. The summed E-state index contributed by atoms with van der Waals surface area (Å²) in [6.07, 6.45) is 3.51. The number of hydrogen-bond donors (Lipinski definition) is 1. The topological polar surface area (TPSA) is 71.4 Å². The Kier molecular flexibility index (Phi) is 5.10. The van der Waals surface area contributed by atoms with Gasteiger partial charge in [-0.15, -0.1) is 0 Å². The first-order valence-corrected chi connectivity index (χ1v) is 10.6. The van der Waals surface area contributed by atoms with Crippen LogP contribution in [0.1, 0.15) is 11.1 Å². The van der Waals surface area contributed by atoms with Crippen molar-refractivity contribution in [2.24, 2.45) is 4.99 Å². The summed E-state index contributed by atoms with van der Waals surface area (Å²) >= 11 is 0. The van der Waals surface area contributed by atoms with Crippen LogP contribution in [-0.2, 0) is 10.0 Å². The monoisotopic (exact) mass is 401 g/mol. The highest BCUT2D eigenvalue weighted by Gasteiger charge is 2.13. The molecule has 0 radical (unpaired) electrons. The zero-order valence-corrected chi connectivity index (χ0v) is 16.6. The summed E-state index contributed by atoms with van der Waals surface area (Å²) in [6.45, 7) is 1.92. The van der Waals surface area contributed by atoms with Crippen LogP contribution < -0.4 is 4.72 Å². The molecule has 0 spiro atoms. The highest BCUT2D eigenvalue weighted by Crippen LogP contribution is 2.20. The number of fused-ring (bicyclic) bond motifs is 1. The Morgan fingerprint density at radius 1 is 0.931 bits per heavy atom. The quantitative estimate of drug-likeness (QED) is 0.473. The maximum atomic E-state index is 12.5. The van der Waals surface area contributed by atoms with Crippen LogP contribution in [0, 0.1) is 6.92 Å². The normalized spacial score (nSPS) is 11.8. The summed E-state index contributed by atoms with van der Waals surface area (Å²) in [5.74, 6) is 0. The van der Waals surface area contributed by atoms with Crippen molar-refractivity contribution in [1.29, 1.82) is 0 Å². The molecule has 0 aliphatic rings. The van der Waals surface area contributed by atoms with E-state index in [-0.39, 0.29) is 4.90 Å². The van der Waals surface area contributed by atoms with Crippen LogP contribution in [-0.4, -0.2) is 19.6 Å². The SMILES string of the molecule is Cc1ccc(S(=O)(=O)Nc2ccc(C=Nc3ccc4ncccc4c3)cc2)cc1. The van der Waals surface area contributed by atoms with Crippen molar-refractivity contribution >= 4 is 38.5 Å². The van der Waals surface area contributed by atoms with Crippen LogP contribution in [0.15, 0.2) is 94.9 Å². The second-order valence-electron chi connectivity index (χ2n) is 6.68. The molecule has 6 heteroatoms. The highest BCUT2D eigenvalue weighted by atomic mass is 32.2. The smallest absolute Gasteiger partial charge is 0.261 e. The van der Waals surface area contributed by atoms with E-state index in [1.807, 2.05) is 49.4 Å². The number of aliphatic imine (C=N–C) groups is 1. The molecule has 0 aliphatic heterocycles. The van der Waals surface area contributed by atoms with E-state index in [9.17, 15) is 8.42 Å². The van der Waals surface area contributed by atoms with E-state index in [0.29, 0.717) is 5.69 Å². The van der Waals surface area contributed by atoms with Crippen LogP contribution in [0.4, 0.5) is 11.4 Å². The van der Waals surface area contributed by atoms with Gasteiger partial charge in [0.25, 0.3) is 10.0 Å². The van der Waals surface area contributed by atoms with E-state index < -0.39 is 10.0 Å². The molecule has 0 atom stereocenters. The largest absolute Gasteiger partial charge is 0.280 e. The Labute approximate surface area is 169 Å². The number of sulfonamides is 1. The Bertz CT molecular complexity index is 1280. The Morgan fingerprint density at radius 3 is 2.45 bits per heavy atom. The third-order valence-corrected chi connectivity index (χ3v) is 5.84. The van der Waals surface area contributed by atoms with Gasteiger partial charge in [0.2, 0.25) is 0 Å². The first kappa shape index (κ1) is 18.8. The third kappa shape index (κ3) is 4.50. The standard InChI is InChI=1S/C23H19N3O2S/c1-17-4-11-22(12-5-17)29(27,28)26-20-8-6-18(7-9-20)16-25-21-10-13-23-19(15-21)3-2-14-24-23/h2-16,26H,1H3. The van der Waals surface area contributed by atoms with Crippen molar-refractivity contribution in [1.82, 2.24) is 4.98 Å². The zero-order valence-electron chi connectivity index (χ0n) is 15.8. The molecule has 0 unspecified atom stereocenters. The number of aromatic nitrogens is 1. The molecule has 4 aromatic rings. The predicted octanol–water partition coefficient (Wildman–Crippen LogP) is 5.09. The minimum absolute atomic E-state index is 0.236. The predicted molar refractivity (Wildman–Crippen MR) is 117 cm³/mol. The molecule has 1 aromatic heterocycles. The lowest BCUT2D eigenvalue weighted by Gasteiger charge is -2.08. The highest BCUT2D eigenvalue weighted by molar-refractivity contribution is 7.92. The molecule has 1 N–H and O–H groups in total. The molecular formula is C23H19N3O2S. The number of pyridine rings is 1. The van der Waals surface area contributed by atoms with E-state index in [2.05, 4.69) is 14.7 Å². The van der Waals surface area contributed by atoms with Crippen LogP contribution in [0.3, 0.4) is 0 Å². The number of aryl methyl sites for hydroxylation is 1. The Balaban J connectivity index is 1.48. The van der Waals surface area contributed by atoms with Gasteiger partial charge >= 0.3 is 0 Å². The second kappa shape index (κ2) is 7.85. The minimum atomic E-state index is -3.61. The first-order chi connectivity index (χ1) is 14.0. The van der Waals surface area contributed by atoms with Gasteiger partial charge < -0.3 is 0 Å². The molecule has 0 saturated carbocycles. The van der Waals surface area contributed by atoms with Crippen LogP contribution in [0.5, 0.6) is 0 Å². The molecule has 0 aliphatic carbocycles. The number of nitrogens with zero attached hydrogens (tertiary/aromatic N) is 2. The van der Waals surface area contributed by atoms with Gasteiger partial charge in [0.15, 0.2) is 0 Å². The lowest BCUT2D eigenvalue weighted by molar-refractivity contribution is 0.601. The van der Waals surface area contributed by atoms with Crippen molar-refractivity contribution in [2.45, 2.75) is 11.8 Å². The fraction of sp³-hybridized carbons (Fsp3) is 0.0435. The average Bonchev–Trinajstić information content (AvgIpc) is 2.73. The summed E-state index contributed by atoms with van der Waals surface area (Å²) < 4.78 is 27.5. The molecule has 29 heavy (non-hydrogen) atoms. The van der Waals surface area contributed by atoms with Gasteiger partial charge in [0.1, 0.15) is 0 Å². The number of nitrogens with one attached hydrogen (secondary N) is 1. The summed E-state index contributed by atoms with van der Waals surface area (Å²) in [4.78, 5) is 9.03. The number of hydrogen-bond acceptors (Lipinski definition) is 4. The molecule has 4 rings (SSSR count). The fourth-order valence-electron chi connectivity index (χ4n) is 2.86. The van der Waals surface area contributed by atoms with Gasteiger partial charge in [0, 0.05) is 23.5 Å². The van der Waals surface area contributed by atoms with Crippen LogP contribution in [0.25, 0.3) is 10.9 Å². The summed E-state index contributed by atoms with van der Waals surface area (Å²) in [6, 6.07) is 23.5. The first-order valence-electron chi connectivity index (χ1n) is 9.08. The molecule has 0 saturated heterocycles. The van der Waals surface area contributed by atoms with Crippen LogP contribution in [0.2, 0.25) is 0 Å². The van der Waals surface area contributed by atoms with E-state index in [1.165, 1.54) is 0 Å². The van der Waals surface area contributed by atoms with Gasteiger partial charge in [-0.05, 0) is 61.0 Å². The molecule has 0 fully saturated rings. The summed E-state index contributed by atoms with van der Waals surface area (Å²) in [5, 5.41) is 1.03. The van der Waals surface area contributed by atoms with Gasteiger partial charge in [-0.3, -0.25) is 14.7 Å².